The maximum absolute atomic E-state index is 12.6. The van der Waals surface area contributed by atoms with Crippen molar-refractivity contribution in [1.29, 1.82) is 0 Å². The van der Waals surface area contributed by atoms with E-state index in [9.17, 15) is 19.2 Å². The van der Waals surface area contributed by atoms with Gasteiger partial charge in [0.05, 0.1) is 13.5 Å². The summed E-state index contributed by atoms with van der Waals surface area (Å²) in [4.78, 5) is 48.6. The van der Waals surface area contributed by atoms with E-state index < -0.39 is 53.6 Å². The first-order valence-corrected chi connectivity index (χ1v) is 8.89. The Morgan fingerprint density at radius 2 is 1.46 bits per heavy atom. The van der Waals surface area contributed by atoms with Crippen molar-refractivity contribution in [1.82, 2.24) is 10.6 Å². The molecule has 2 unspecified atom stereocenters. The van der Waals surface area contributed by atoms with E-state index in [0.29, 0.717) is 0 Å². The summed E-state index contributed by atoms with van der Waals surface area (Å²) >= 11 is 0. The van der Waals surface area contributed by atoms with Crippen molar-refractivity contribution in [3.8, 4) is 0 Å². The average molecular weight is 400 g/mol. The molecule has 0 aromatic rings. The molecule has 0 saturated carbocycles. The summed E-state index contributed by atoms with van der Waals surface area (Å²) in [5.41, 5.74) is -1.56. The molecule has 0 rings (SSSR count). The minimum atomic E-state index is -1.30. The number of hydrogen-bond acceptors (Lipinski definition) is 7. The lowest BCUT2D eigenvalue weighted by atomic mass is 10.1. The predicted octanol–water partition coefficient (Wildman–Crippen LogP) is 1.85. The lowest BCUT2D eigenvalue weighted by Gasteiger charge is -2.25. The van der Waals surface area contributed by atoms with Crippen LogP contribution in [0.4, 0.5) is 4.79 Å². The van der Waals surface area contributed by atoms with Gasteiger partial charge >= 0.3 is 18.0 Å². The van der Waals surface area contributed by atoms with Gasteiger partial charge in [0.15, 0.2) is 0 Å². The number of carbonyl (C=O) groups excluding carboxylic acids is 4. The minimum Gasteiger partial charge on any atom is -0.467 e. The highest BCUT2D eigenvalue weighted by Crippen LogP contribution is 2.11. The van der Waals surface area contributed by atoms with Gasteiger partial charge < -0.3 is 24.8 Å². The van der Waals surface area contributed by atoms with Gasteiger partial charge in [-0.3, -0.25) is 9.59 Å². The van der Waals surface area contributed by atoms with Crippen LogP contribution in [0.25, 0.3) is 0 Å². The summed E-state index contributed by atoms with van der Waals surface area (Å²) in [5, 5.41) is 4.78. The molecule has 0 aliphatic rings. The van der Waals surface area contributed by atoms with E-state index in [2.05, 4.69) is 21.9 Å². The van der Waals surface area contributed by atoms with Crippen LogP contribution in [0, 0.1) is 0 Å². The Hall–Kier alpha value is -2.58. The number of nitrogens with one attached hydrogen (secondary N) is 2. The number of ether oxygens (including phenoxy) is 3. The van der Waals surface area contributed by atoms with E-state index in [1.165, 1.54) is 13.2 Å². The van der Waals surface area contributed by atoms with Crippen LogP contribution in [0.5, 0.6) is 0 Å². The summed E-state index contributed by atoms with van der Waals surface area (Å²) in [7, 11) is 1.18. The number of methoxy groups -OCH3 is 1. The predicted molar refractivity (Wildman–Crippen MR) is 102 cm³/mol. The standard InChI is InChI=1S/C19H32N2O7/c1-9-10-12(16(24)26-8)20-15(23)13(11-14(22)27-18(2,3)4)21-17(25)28-19(5,6)7/h9,12-13H,1,10-11H2,2-8H3,(H,20,23)(H,21,25). The maximum Gasteiger partial charge on any atom is 0.408 e. The zero-order valence-corrected chi connectivity index (χ0v) is 17.7. The Balaban J connectivity index is 5.35. The molecule has 0 aromatic carbocycles. The first-order chi connectivity index (χ1) is 12.7. The van der Waals surface area contributed by atoms with Gasteiger partial charge in [0.1, 0.15) is 23.3 Å². The number of carbonyl (C=O) groups is 4. The van der Waals surface area contributed by atoms with Crippen molar-refractivity contribution < 1.29 is 33.4 Å². The molecule has 9 nitrogen and oxygen atoms in total. The van der Waals surface area contributed by atoms with Gasteiger partial charge in [-0.2, -0.15) is 0 Å². The van der Waals surface area contributed by atoms with Gasteiger partial charge in [-0.05, 0) is 48.0 Å². The third-order valence-corrected chi connectivity index (χ3v) is 3.00. The number of esters is 2. The first-order valence-electron chi connectivity index (χ1n) is 8.89. The summed E-state index contributed by atoms with van der Waals surface area (Å²) in [6, 6.07) is -2.31. The SMILES string of the molecule is C=CCC(NC(=O)C(CC(=O)OC(C)(C)C)NC(=O)OC(C)(C)C)C(=O)OC. The molecule has 9 heteroatoms. The smallest absolute Gasteiger partial charge is 0.408 e. The van der Waals surface area contributed by atoms with Gasteiger partial charge in [-0.1, -0.05) is 6.08 Å². The first kappa shape index (κ1) is 25.4. The van der Waals surface area contributed by atoms with E-state index in [-0.39, 0.29) is 6.42 Å². The van der Waals surface area contributed by atoms with E-state index in [4.69, 9.17) is 9.47 Å². The van der Waals surface area contributed by atoms with Crippen LogP contribution >= 0.6 is 0 Å². The molecule has 2 atom stereocenters. The zero-order valence-electron chi connectivity index (χ0n) is 17.7. The van der Waals surface area contributed by atoms with E-state index in [1.807, 2.05) is 0 Å². The molecule has 2 N–H and O–H groups in total. The van der Waals surface area contributed by atoms with Crippen LogP contribution < -0.4 is 10.6 Å². The van der Waals surface area contributed by atoms with Gasteiger partial charge in [-0.25, -0.2) is 9.59 Å². The van der Waals surface area contributed by atoms with Crippen molar-refractivity contribution in [2.24, 2.45) is 0 Å². The topological polar surface area (TPSA) is 120 Å². The van der Waals surface area contributed by atoms with Crippen molar-refractivity contribution in [3.05, 3.63) is 12.7 Å². The lowest BCUT2D eigenvalue weighted by Crippen LogP contribution is -2.53. The molecule has 0 spiro atoms. The van der Waals surface area contributed by atoms with E-state index in [1.54, 1.807) is 41.5 Å². The molecular weight excluding hydrogens is 368 g/mol. The monoisotopic (exact) mass is 400 g/mol. The Labute approximate surface area is 166 Å². The van der Waals surface area contributed by atoms with Crippen LogP contribution in [-0.4, -0.2) is 54.3 Å². The Bertz CT molecular complexity index is 558. The molecular formula is C19H32N2O7. The molecule has 0 aliphatic heterocycles. The Kier molecular flexibility index (Phi) is 9.69. The minimum absolute atomic E-state index is 0.115. The highest BCUT2D eigenvalue weighted by atomic mass is 16.6. The highest BCUT2D eigenvalue weighted by molar-refractivity contribution is 5.92. The summed E-state index contributed by atoms with van der Waals surface area (Å²) in [6.45, 7) is 13.5. The average Bonchev–Trinajstić information content (AvgIpc) is 2.49. The van der Waals surface area contributed by atoms with Gasteiger partial charge in [0.25, 0.3) is 0 Å². The second kappa shape index (κ2) is 10.7. The molecule has 0 saturated heterocycles. The number of rotatable bonds is 8. The van der Waals surface area contributed by atoms with Crippen LogP contribution in [0.2, 0.25) is 0 Å². The van der Waals surface area contributed by atoms with Crippen LogP contribution in [0.15, 0.2) is 12.7 Å². The lowest BCUT2D eigenvalue weighted by molar-refractivity contribution is -0.156. The fourth-order valence-electron chi connectivity index (χ4n) is 2.00. The Morgan fingerprint density at radius 3 is 1.89 bits per heavy atom. The molecule has 0 radical (unpaired) electrons. The van der Waals surface area contributed by atoms with Gasteiger partial charge in [0, 0.05) is 0 Å². The van der Waals surface area contributed by atoms with Crippen LogP contribution in [-0.2, 0) is 28.6 Å². The molecule has 0 aliphatic carbocycles. The number of hydrogen-bond donors (Lipinski definition) is 2. The number of alkyl carbamates (subject to hydrolysis) is 1. The quantitative estimate of drug-likeness (QED) is 0.362. The number of amides is 2. The van der Waals surface area contributed by atoms with E-state index >= 15 is 0 Å². The van der Waals surface area contributed by atoms with Crippen LogP contribution in [0.1, 0.15) is 54.4 Å². The Morgan fingerprint density at radius 1 is 0.929 bits per heavy atom. The van der Waals surface area contributed by atoms with Crippen LogP contribution in [0.3, 0.4) is 0 Å². The van der Waals surface area contributed by atoms with Crippen molar-refractivity contribution >= 4 is 23.9 Å². The summed E-state index contributed by atoms with van der Waals surface area (Å²) in [6.07, 6.45) is 0.231. The van der Waals surface area contributed by atoms with Crippen molar-refractivity contribution in [2.45, 2.75) is 77.7 Å². The third-order valence-electron chi connectivity index (χ3n) is 3.00. The van der Waals surface area contributed by atoms with Gasteiger partial charge in [0.2, 0.25) is 5.91 Å². The third kappa shape index (κ3) is 11.2. The zero-order chi connectivity index (χ0) is 22.1. The van der Waals surface area contributed by atoms with E-state index in [0.717, 1.165) is 0 Å². The summed E-state index contributed by atoms with van der Waals surface area (Å²) in [5.74, 6) is -2.13. The maximum atomic E-state index is 12.6. The molecule has 0 heterocycles. The molecule has 0 fully saturated rings. The molecule has 0 bridgehead atoms. The fraction of sp³-hybridized carbons (Fsp3) is 0.684. The van der Waals surface area contributed by atoms with Crippen molar-refractivity contribution in [2.75, 3.05) is 7.11 Å². The second-order valence-corrected chi connectivity index (χ2v) is 8.10. The molecule has 2 amide bonds. The second-order valence-electron chi connectivity index (χ2n) is 8.10. The fourth-order valence-corrected chi connectivity index (χ4v) is 2.00. The molecule has 160 valence electrons. The summed E-state index contributed by atoms with van der Waals surface area (Å²) < 4.78 is 15.0. The highest BCUT2D eigenvalue weighted by Gasteiger charge is 2.31. The largest absolute Gasteiger partial charge is 0.467 e. The molecule has 0 aromatic heterocycles. The molecule has 28 heavy (non-hydrogen) atoms. The van der Waals surface area contributed by atoms with Crippen molar-refractivity contribution in [3.63, 3.8) is 0 Å². The normalized spacial score (nSPS) is 13.5. The van der Waals surface area contributed by atoms with Gasteiger partial charge in [-0.15, -0.1) is 6.58 Å².